The van der Waals surface area contributed by atoms with Crippen molar-refractivity contribution in [3.63, 3.8) is 0 Å². The molecule has 2 heterocycles. The summed E-state index contributed by atoms with van der Waals surface area (Å²) in [4.78, 5) is 32.0. The number of thiazole rings is 1. The fourth-order valence-electron chi connectivity index (χ4n) is 4.64. The minimum atomic E-state index is -0.638. The second-order valence-corrected chi connectivity index (χ2v) is 10.4. The molecule has 0 N–H and O–H groups in total. The second kappa shape index (κ2) is 11.8. The molecular weight excluding hydrogens is 524 g/mol. The number of carbonyl (C=O) groups excluding carboxylic acids is 1. The lowest BCUT2D eigenvalue weighted by Gasteiger charge is -2.24. The van der Waals surface area contributed by atoms with Crippen molar-refractivity contribution in [3.05, 3.63) is 126 Å². The lowest BCUT2D eigenvalue weighted by molar-refractivity contribution is -0.139. The van der Waals surface area contributed by atoms with E-state index in [1.807, 2.05) is 85.8 Å². The van der Waals surface area contributed by atoms with Gasteiger partial charge >= 0.3 is 5.97 Å². The molecule has 0 aliphatic carbocycles. The normalized spacial score (nSPS) is 14.9. The second-order valence-electron chi connectivity index (χ2n) is 9.40. The Morgan fingerprint density at radius 3 is 2.48 bits per heavy atom. The van der Waals surface area contributed by atoms with Gasteiger partial charge in [0.2, 0.25) is 0 Å². The largest absolute Gasteiger partial charge is 0.493 e. The van der Waals surface area contributed by atoms with Crippen molar-refractivity contribution in [2.45, 2.75) is 33.4 Å². The minimum absolute atomic E-state index is 0.230. The summed E-state index contributed by atoms with van der Waals surface area (Å²) >= 11 is 1.28. The summed E-state index contributed by atoms with van der Waals surface area (Å²) in [5.74, 6) is 0.703. The molecule has 40 heavy (non-hydrogen) atoms. The first-order chi connectivity index (χ1) is 19.4. The standard InChI is InChI=1S/C32H30N2O5S/c1-5-38-31(36)28-21(3)33-32-34(29(28)24-14-11-20(2)12-15-24)30(35)27(40-32)18-23-13-16-25(26(17-23)37-4)39-19-22-9-7-6-8-10-22/h6-18,29H,5,19H2,1-4H3/b27-18-/t29-/m0/s1. The molecule has 0 amide bonds. The van der Waals surface area contributed by atoms with Crippen molar-refractivity contribution in [2.75, 3.05) is 13.7 Å². The lowest BCUT2D eigenvalue weighted by atomic mass is 9.95. The summed E-state index contributed by atoms with van der Waals surface area (Å²) in [5, 5.41) is 0. The Bertz CT molecular complexity index is 1750. The Balaban J connectivity index is 1.55. The number of hydrogen-bond acceptors (Lipinski definition) is 7. The molecule has 3 aromatic carbocycles. The van der Waals surface area contributed by atoms with E-state index < -0.39 is 12.0 Å². The summed E-state index contributed by atoms with van der Waals surface area (Å²) in [7, 11) is 1.59. The third-order valence-electron chi connectivity index (χ3n) is 6.63. The zero-order chi connectivity index (χ0) is 28.2. The van der Waals surface area contributed by atoms with Crippen LogP contribution in [0.5, 0.6) is 11.5 Å². The molecule has 8 heteroatoms. The van der Waals surface area contributed by atoms with E-state index in [0.717, 1.165) is 22.3 Å². The minimum Gasteiger partial charge on any atom is -0.493 e. The summed E-state index contributed by atoms with van der Waals surface area (Å²) in [6.07, 6.45) is 1.81. The van der Waals surface area contributed by atoms with E-state index in [1.165, 1.54) is 11.3 Å². The first-order valence-corrected chi connectivity index (χ1v) is 13.8. The van der Waals surface area contributed by atoms with Gasteiger partial charge in [0.1, 0.15) is 6.61 Å². The van der Waals surface area contributed by atoms with Gasteiger partial charge in [0.15, 0.2) is 16.3 Å². The van der Waals surface area contributed by atoms with E-state index in [1.54, 1.807) is 25.5 Å². The number of benzene rings is 3. The number of carbonyl (C=O) groups is 1. The van der Waals surface area contributed by atoms with Crippen LogP contribution in [0.25, 0.3) is 6.08 Å². The van der Waals surface area contributed by atoms with Crippen molar-refractivity contribution in [3.8, 4) is 11.5 Å². The van der Waals surface area contributed by atoms with Crippen LogP contribution in [-0.2, 0) is 16.1 Å². The van der Waals surface area contributed by atoms with Gasteiger partial charge in [0.25, 0.3) is 5.56 Å². The van der Waals surface area contributed by atoms with Crippen molar-refractivity contribution in [1.29, 1.82) is 0 Å². The summed E-state index contributed by atoms with van der Waals surface area (Å²) in [6, 6.07) is 22.6. The zero-order valence-corrected chi connectivity index (χ0v) is 23.7. The molecule has 4 aromatic rings. The van der Waals surface area contributed by atoms with Crippen molar-refractivity contribution in [1.82, 2.24) is 4.57 Å². The van der Waals surface area contributed by atoms with Crippen LogP contribution in [0.2, 0.25) is 0 Å². The van der Waals surface area contributed by atoms with Gasteiger partial charge in [-0.2, -0.15) is 0 Å². The summed E-state index contributed by atoms with van der Waals surface area (Å²) < 4.78 is 19.0. The number of aromatic nitrogens is 1. The number of aryl methyl sites for hydroxylation is 1. The topological polar surface area (TPSA) is 79.1 Å². The fourth-order valence-corrected chi connectivity index (χ4v) is 5.68. The van der Waals surface area contributed by atoms with Gasteiger partial charge in [-0.05, 0) is 55.7 Å². The molecule has 1 aliphatic heterocycles. The first kappa shape index (κ1) is 27.1. The van der Waals surface area contributed by atoms with Gasteiger partial charge in [-0.15, -0.1) is 0 Å². The zero-order valence-electron chi connectivity index (χ0n) is 22.8. The van der Waals surface area contributed by atoms with Crippen LogP contribution in [0.1, 0.15) is 42.1 Å². The van der Waals surface area contributed by atoms with Crippen molar-refractivity contribution >= 4 is 23.4 Å². The van der Waals surface area contributed by atoms with Crippen LogP contribution in [0.3, 0.4) is 0 Å². The van der Waals surface area contributed by atoms with E-state index in [-0.39, 0.29) is 12.2 Å². The average molecular weight is 555 g/mol. The molecule has 1 aliphatic rings. The molecule has 0 unspecified atom stereocenters. The molecular formula is C32H30N2O5S. The SMILES string of the molecule is CCOC(=O)C1=C(C)N=c2s/c(=C\c3ccc(OCc4ccccc4)c(OC)c3)c(=O)n2[C@H]1c1ccc(C)cc1. The number of ether oxygens (including phenoxy) is 3. The molecule has 1 atom stereocenters. The van der Waals surface area contributed by atoms with Crippen LogP contribution in [0, 0.1) is 6.92 Å². The highest BCUT2D eigenvalue weighted by molar-refractivity contribution is 7.07. The molecule has 0 saturated carbocycles. The number of nitrogens with zero attached hydrogens (tertiary/aromatic N) is 2. The van der Waals surface area contributed by atoms with E-state index in [4.69, 9.17) is 14.2 Å². The predicted octanol–water partition coefficient (Wildman–Crippen LogP) is 4.69. The Labute approximate surface area is 236 Å². The Morgan fingerprint density at radius 2 is 1.77 bits per heavy atom. The third-order valence-corrected chi connectivity index (χ3v) is 7.62. The predicted molar refractivity (Wildman–Crippen MR) is 155 cm³/mol. The maximum Gasteiger partial charge on any atom is 0.338 e. The molecule has 0 spiro atoms. The van der Waals surface area contributed by atoms with E-state index >= 15 is 0 Å². The average Bonchev–Trinajstić information content (AvgIpc) is 3.26. The molecule has 0 fully saturated rings. The molecule has 5 rings (SSSR count). The van der Waals surface area contributed by atoms with Gasteiger partial charge in [0.05, 0.1) is 35.6 Å². The highest BCUT2D eigenvalue weighted by Gasteiger charge is 2.33. The fraction of sp³-hybridized carbons (Fsp3) is 0.219. The molecule has 0 bridgehead atoms. The van der Waals surface area contributed by atoms with Crippen LogP contribution in [0.15, 0.2) is 93.9 Å². The Morgan fingerprint density at radius 1 is 1.02 bits per heavy atom. The van der Waals surface area contributed by atoms with E-state index in [2.05, 4.69) is 4.99 Å². The van der Waals surface area contributed by atoms with Gasteiger partial charge in [-0.25, -0.2) is 9.79 Å². The highest BCUT2D eigenvalue weighted by Crippen LogP contribution is 2.31. The van der Waals surface area contributed by atoms with Crippen LogP contribution < -0.4 is 24.4 Å². The smallest absolute Gasteiger partial charge is 0.338 e. The maximum absolute atomic E-state index is 13.8. The van der Waals surface area contributed by atoms with Crippen molar-refractivity contribution in [2.24, 2.45) is 4.99 Å². The molecule has 204 valence electrons. The molecule has 7 nitrogen and oxygen atoms in total. The number of rotatable bonds is 8. The summed E-state index contributed by atoms with van der Waals surface area (Å²) in [6.45, 7) is 6.18. The molecule has 1 aromatic heterocycles. The summed E-state index contributed by atoms with van der Waals surface area (Å²) in [5.41, 5.74) is 4.41. The number of methoxy groups -OCH3 is 1. The molecule has 0 radical (unpaired) electrons. The van der Waals surface area contributed by atoms with Gasteiger partial charge in [-0.3, -0.25) is 9.36 Å². The Kier molecular flexibility index (Phi) is 7.98. The van der Waals surface area contributed by atoms with Crippen LogP contribution >= 0.6 is 11.3 Å². The quantitative estimate of drug-likeness (QED) is 0.295. The highest BCUT2D eigenvalue weighted by atomic mass is 32.1. The van der Waals surface area contributed by atoms with Gasteiger partial charge in [-0.1, -0.05) is 77.6 Å². The van der Waals surface area contributed by atoms with Crippen LogP contribution in [0.4, 0.5) is 0 Å². The Hall–Kier alpha value is -4.43. The number of fused-ring (bicyclic) bond motifs is 1. The molecule has 0 saturated heterocycles. The first-order valence-electron chi connectivity index (χ1n) is 13.0. The maximum atomic E-state index is 13.8. The third kappa shape index (κ3) is 5.49. The van der Waals surface area contributed by atoms with Crippen LogP contribution in [-0.4, -0.2) is 24.3 Å². The van der Waals surface area contributed by atoms with Gasteiger partial charge < -0.3 is 14.2 Å². The monoisotopic (exact) mass is 554 g/mol. The van der Waals surface area contributed by atoms with E-state index in [9.17, 15) is 9.59 Å². The van der Waals surface area contributed by atoms with Crippen molar-refractivity contribution < 1.29 is 19.0 Å². The van der Waals surface area contributed by atoms with E-state index in [0.29, 0.717) is 38.7 Å². The number of allylic oxidation sites excluding steroid dienone is 1. The number of hydrogen-bond donors (Lipinski definition) is 0. The lowest BCUT2D eigenvalue weighted by Crippen LogP contribution is -2.39. The van der Waals surface area contributed by atoms with Gasteiger partial charge in [0, 0.05) is 0 Å². The number of esters is 1.